The number of rotatable bonds is 3. The van der Waals surface area contributed by atoms with Gasteiger partial charge in [-0.3, -0.25) is 9.69 Å². The molecule has 1 aromatic rings. The van der Waals surface area contributed by atoms with E-state index in [1.165, 1.54) is 22.9 Å². The second kappa shape index (κ2) is 7.03. The number of anilines is 1. The van der Waals surface area contributed by atoms with E-state index in [1.807, 2.05) is 0 Å². The molecule has 0 radical (unpaired) electrons. The van der Waals surface area contributed by atoms with E-state index < -0.39 is 30.0 Å². The number of nitrogens with one attached hydrogen (secondary N) is 1. The molecular weight excluding hydrogens is 343 g/mol. The van der Waals surface area contributed by atoms with Crippen molar-refractivity contribution in [2.75, 3.05) is 31.6 Å². The van der Waals surface area contributed by atoms with E-state index in [1.54, 1.807) is 18.2 Å². The molecule has 1 aromatic carbocycles. The van der Waals surface area contributed by atoms with Gasteiger partial charge in [-0.15, -0.1) is 0 Å². The van der Waals surface area contributed by atoms with Gasteiger partial charge in [-0.25, -0.2) is 14.0 Å². The van der Waals surface area contributed by atoms with E-state index in [2.05, 4.69) is 5.32 Å². The quantitative estimate of drug-likeness (QED) is 0.839. The first-order valence-corrected chi connectivity index (χ1v) is 8.13. The molecule has 138 valence electrons. The highest BCUT2D eigenvalue weighted by atomic mass is 19.1. The molecule has 8 nitrogen and oxygen atoms in total. The second-order valence-corrected chi connectivity index (χ2v) is 6.03. The highest BCUT2D eigenvalue weighted by molar-refractivity contribution is 5.95. The van der Waals surface area contributed by atoms with Crippen LogP contribution in [0.1, 0.15) is 12.0 Å². The van der Waals surface area contributed by atoms with Gasteiger partial charge in [-0.1, -0.05) is 6.08 Å². The van der Waals surface area contributed by atoms with Gasteiger partial charge in [-0.05, 0) is 30.2 Å². The third-order valence-corrected chi connectivity index (χ3v) is 4.48. The Balaban J connectivity index is 1.77. The molecule has 4 amide bonds. The first kappa shape index (κ1) is 17.7. The number of amides is 4. The molecule has 26 heavy (non-hydrogen) atoms. The zero-order valence-corrected chi connectivity index (χ0v) is 14.2. The molecule has 3 rings (SSSR count). The number of ether oxygens (including phenoxy) is 1. The Morgan fingerprint density at radius 1 is 1.38 bits per heavy atom. The number of likely N-dealkylation sites (N-methyl/N-ethyl adjacent to an activating group) is 1. The number of halogens is 1. The van der Waals surface area contributed by atoms with Gasteiger partial charge < -0.3 is 20.7 Å². The van der Waals surface area contributed by atoms with Gasteiger partial charge in [0.15, 0.2) is 6.10 Å². The standard InChI is InChI=1S/C17H19FN4O4/c1-20-15(23)14-9-22(17(25)26-14)11-2-3-12(13(18)8-11)10-4-6-21(7-5-10)16(19)24/h2-4,8,14H,5-7,9H2,1H3,(H2,19,24)(H,20,23)/t14-/m1/s1. The van der Waals surface area contributed by atoms with Crippen molar-refractivity contribution in [2.24, 2.45) is 5.73 Å². The Morgan fingerprint density at radius 2 is 2.15 bits per heavy atom. The lowest BCUT2D eigenvalue weighted by Crippen LogP contribution is -2.38. The molecule has 0 saturated carbocycles. The van der Waals surface area contributed by atoms with Gasteiger partial charge in [0.2, 0.25) is 0 Å². The predicted molar refractivity (Wildman–Crippen MR) is 91.8 cm³/mol. The average molecular weight is 362 g/mol. The molecule has 0 spiro atoms. The molecule has 0 aliphatic carbocycles. The third-order valence-electron chi connectivity index (χ3n) is 4.48. The molecule has 2 aliphatic heterocycles. The van der Waals surface area contributed by atoms with E-state index in [4.69, 9.17) is 10.5 Å². The maximum Gasteiger partial charge on any atom is 0.415 e. The number of nitrogens with two attached hydrogens (primary N) is 1. The minimum absolute atomic E-state index is 0.0214. The van der Waals surface area contributed by atoms with E-state index >= 15 is 0 Å². The van der Waals surface area contributed by atoms with Crippen molar-refractivity contribution in [3.8, 4) is 0 Å². The number of hydrogen-bond acceptors (Lipinski definition) is 4. The van der Waals surface area contributed by atoms with Crippen LogP contribution in [0.4, 0.5) is 19.7 Å². The van der Waals surface area contributed by atoms with Crippen molar-refractivity contribution in [1.82, 2.24) is 10.2 Å². The van der Waals surface area contributed by atoms with Crippen molar-refractivity contribution in [1.29, 1.82) is 0 Å². The number of carbonyl (C=O) groups excluding carboxylic acids is 3. The second-order valence-electron chi connectivity index (χ2n) is 6.03. The summed E-state index contributed by atoms with van der Waals surface area (Å²) in [5, 5.41) is 2.41. The summed E-state index contributed by atoms with van der Waals surface area (Å²) in [5.41, 5.74) is 6.74. The summed E-state index contributed by atoms with van der Waals surface area (Å²) < 4.78 is 19.6. The summed E-state index contributed by atoms with van der Waals surface area (Å²) in [4.78, 5) is 37.4. The molecule has 0 bridgehead atoms. The first-order chi connectivity index (χ1) is 12.4. The Labute approximate surface area is 149 Å². The van der Waals surface area contributed by atoms with E-state index in [9.17, 15) is 18.8 Å². The molecule has 1 atom stereocenters. The normalized spacial score (nSPS) is 19.8. The van der Waals surface area contributed by atoms with Crippen molar-refractivity contribution < 1.29 is 23.5 Å². The van der Waals surface area contributed by atoms with E-state index in [0.717, 1.165) is 5.57 Å². The fraction of sp³-hybridized carbons (Fsp3) is 0.353. The van der Waals surface area contributed by atoms with Gasteiger partial charge in [0.05, 0.1) is 12.2 Å². The van der Waals surface area contributed by atoms with Crippen molar-refractivity contribution in [2.45, 2.75) is 12.5 Å². The fourth-order valence-electron chi connectivity index (χ4n) is 3.02. The van der Waals surface area contributed by atoms with Gasteiger partial charge in [0.25, 0.3) is 5.91 Å². The van der Waals surface area contributed by atoms with Crippen LogP contribution in [-0.2, 0) is 9.53 Å². The Kier molecular flexibility index (Phi) is 4.79. The summed E-state index contributed by atoms with van der Waals surface area (Å²) in [6.07, 6.45) is 0.637. The number of hydrogen-bond donors (Lipinski definition) is 2. The monoisotopic (exact) mass is 362 g/mol. The Hall–Kier alpha value is -3.10. The van der Waals surface area contributed by atoms with Crippen molar-refractivity contribution >= 4 is 29.3 Å². The maximum absolute atomic E-state index is 14.6. The van der Waals surface area contributed by atoms with Gasteiger partial charge in [0, 0.05) is 25.7 Å². The van der Waals surface area contributed by atoms with Crippen LogP contribution < -0.4 is 16.0 Å². The summed E-state index contributed by atoms with van der Waals surface area (Å²) in [6, 6.07) is 3.92. The molecule has 0 unspecified atom stereocenters. The highest BCUT2D eigenvalue weighted by Crippen LogP contribution is 2.29. The minimum Gasteiger partial charge on any atom is -0.434 e. The molecule has 2 aliphatic rings. The number of carbonyl (C=O) groups is 3. The summed E-state index contributed by atoms with van der Waals surface area (Å²) in [7, 11) is 1.45. The van der Waals surface area contributed by atoms with Gasteiger partial charge in [-0.2, -0.15) is 0 Å². The van der Waals surface area contributed by atoms with Gasteiger partial charge >= 0.3 is 12.1 Å². The first-order valence-electron chi connectivity index (χ1n) is 8.13. The lowest BCUT2D eigenvalue weighted by molar-refractivity contribution is -0.127. The summed E-state index contributed by atoms with van der Waals surface area (Å²) >= 11 is 0. The van der Waals surface area contributed by atoms with Crippen LogP contribution in [0.25, 0.3) is 5.57 Å². The molecule has 1 saturated heterocycles. The predicted octanol–water partition coefficient (Wildman–Crippen LogP) is 1.06. The summed E-state index contributed by atoms with van der Waals surface area (Å²) in [6.45, 7) is 0.778. The average Bonchev–Trinajstić information content (AvgIpc) is 3.03. The number of cyclic esters (lactones) is 1. The molecule has 3 N–H and O–H groups in total. The Bertz CT molecular complexity index is 795. The van der Waals surface area contributed by atoms with E-state index in [0.29, 0.717) is 30.8 Å². The number of benzene rings is 1. The highest BCUT2D eigenvalue weighted by Gasteiger charge is 2.36. The Morgan fingerprint density at radius 3 is 2.73 bits per heavy atom. The minimum atomic E-state index is -0.920. The zero-order chi connectivity index (χ0) is 18.8. The van der Waals surface area contributed by atoms with E-state index in [-0.39, 0.29) is 6.54 Å². The van der Waals surface area contributed by atoms with Crippen LogP contribution in [-0.4, -0.2) is 55.7 Å². The zero-order valence-electron chi connectivity index (χ0n) is 14.2. The molecule has 9 heteroatoms. The van der Waals surface area contributed by atoms with Crippen LogP contribution in [0.5, 0.6) is 0 Å². The number of primary amides is 1. The topological polar surface area (TPSA) is 105 Å². The molecular formula is C17H19FN4O4. The lowest BCUT2D eigenvalue weighted by atomic mass is 9.98. The lowest BCUT2D eigenvalue weighted by Gasteiger charge is -2.25. The molecule has 1 fully saturated rings. The fourth-order valence-corrected chi connectivity index (χ4v) is 3.02. The largest absolute Gasteiger partial charge is 0.434 e. The third kappa shape index (κ3) is 3.32. The SMILES string of the molecule is CNC(=O)[C@H]1CN(c2ccc(C3=CCN(C(N)=O)CC3)c(F)c2)C(=O)O1. The van der Waals surface area contributed by atoms with Gasteiger partial charge in [0.1, 0.15) is 5.82 Å². The molecule has 2 heterocycles. The number of urea groups is 1. The smallest absolute Gasteiger partial charge is 0.415 e. The molecule has 0 aromatic heterocycles. The van der Waals surface area contributed by atoms with Crippen molar-refractivity contribution in [3.05, 3.63) is 35.7 Å². The summed E-state index contributed by atoms with van der Waals surface area (Å²) in [5.74, 6) is -0.901. The van der Waals surface area contributed by atoms with Crippen LogP contribution in [0.2, 0.25) is 0 Å². The number of nitrogens with zero attached hydrogens (tertiary/aromatic N) is 2. The maximum atomic E-state index is 14.6. The van der Waals surface area contributed by atoms with Crippen molar-refractivity contribution in [3.63, 3.8) is 0 Å². The van der Waals surface area contributed by atoms with Crippen LogP contribution in [0.3, 0.4) is 0 Å². The van der Waals surface area contributed by atoms with Crippen LogP contribution >= 0.6 is 0 Å². The van der Waals surface area contributed by atoms with Crippen LogP contribution in [0, 0.1) is 5.82 Å². The van der Waals surface area contributed by atoms with Crippen LogP contribution in [0.15, 0.2) is 24.3 Å².